The molecule has 0 saturated heterocycles. The number of primary amides is 1. The summed E-state index contributed by atoms with van der Waals surface area (Å²) in [6.45, 7) is 3.30. The van der Waals surface area contributed by atoms with Gasteiger partial charge in [-0.2, -0.15) is 12.6 Å². The van der Waals surface area contributed by atoms with Crippen LogP contribution in [-0.2, 0) is 28.8 Å². The number of nitrogens with two attached hydrogens (primary N) is 2. The fourth-order valence-corrected chi connectivity index (χ4v) is 2.63. The van der Waals surface area contributed by atoms with E-state index in [0.717, 1.165) is 0 Å². The van der Waals surface area contributed by atoms with Crippen molar-refractivity contribution in [2.45, 2.75) is 57.3 Å². The van der Waals surface area contributed by atoms with Gasteiger partial charge in [-0.1, -0.05) is 20.3 Å². The first-order valence-electron chi connectivity index (χ1n) is 9.34. The number of hydrogen-bond acceptors (Lipinski definition) is 8. The molecule has 0 radical (unpaired) electrons. The van der Waals surface area contributed by atoms with E-state index in [4.69, 9.17) is 16.6 Å². The van der Waals surface area contributed by atoms with Crippen LogP contribution < -0.4 is 27.4 Å². The lowest BCUT2D eigenvalue weighted by Crippen LogP contribution is -2.58. The molecule has 176 valence electrons. The molecule has 0 rings (SSSR count). The fourth-order valence-electron chi connectivity index (χ4n) is 2.38. The molecular weight excluding hydrogens is 434 g/mol. The molecule has 0 bridgehead atoms. The molecule has 0 aromatic carbocycles. The number of carboxylic acids is 2. The van der Waals surface area contributed by atoms with E-state index in [1.165, 1.54) is 0 Å². The molecule has 0 aromatic heterocycles. The predicted octanol–water partition coefficient (Wildman–Crippen LogP) is -2.82. The Morgan fingerprint density at radius 2 is 1.42 bits per heavy atom. The third kappa shape index (κ3) is 10.1. The van der Waals surface area contributed by atoms with Crippen LogP contribution in [0.2, 0.25) is 0 Å². The van der Waals surface area contributed by atoms with Crippen molar-refractivity contribution in [3.63, 3.8) is 0 Å². The number of carbonyl (C=O) groups is 6. The van der Waals surface area contributed by atoms with Crippen LogP contribution in [0.4, 0.5) is 0 Å². The van der Waals surface area contributed by atoms with E-state index in [1.807, 2.05) is 0 Å². The molecular formula is C17H29N5O8S. The first kappa shape index (κ1) is 28.1. The first-order chi connectivity index (χ1) is 14.3. The smallest absolute Gasteiger partial charge is 0.326 e. The summed E-state index contributed by atoms with van der Waals surface area (Å²) in [4.78, 5) is 70.3. The van der Waals surface area contributed by atoms with Gasteiger partial charge in [0.1, 0.15) is 18.1 Å². The average Bonchev–Trinajstić information content (AvgIpc) is 2.67. The van der Waals surface area contributed by atoms with Gasteiger partial charge in [-0.15, -0.1) is 0 Å². The Bertz CT molecular complexity index is 704. The first-order valence-corrected chi connectivity index (χ1v) is 9.97. The second-order valence-corrected chi connectivity index (χ2v) is 7.25. The average molecular weight is 464 g/mol. The van der Waals surface area contributed by atoms with Crippen molar-refractivity contribution < 1.29 is 39.0 Å². The minimum Gasteiger partial charge on any atom is -0.481 e. The molecule has 0 aliphatic heterocycles. The minimum absolute atomic E-state index is 0.243. The molecule has 0 heterocycles. The van der Waals surface area contributed by atoms with E-state index in [9.17, 15) is 33.9 Å². The summed E-state index contributed by atoms with van der Waals surface area (Å²) in [5.74, 6) is -7.12. The number of amides is 4. The lowest BCUT2D eigenvalue weighted by molar-refractivity contribution is -0.144. The third-order valence-corrected chi connectivity index (χ3v) is 4.73. The van der Waals surface area contributed by atoms with Gasteiger partial charge in [0, 0.05) is 5.75 Å². The SMILES string of the molecule is CCC(C)C(NC(=O)C(CC(=O)O)NC(=O)C(CS)NC(=O)C(N)CC(N)=O)C(=O)O. The lowest BCUT2D eigenvalue weighted by atomic mass is 9.98. The van der Waals surface area contributed by atoms with Crippen LogP contribution in [0.5, 0.6) is 0 Å². The molecule has 0 fully saturated rings. The van der Waals surface area contributed by atoms with Crippen LogP contribution in [0.25, 0.3) is 0 Å². The Hall–Kier alpha value is -2.87. The highest BCUT2D eigenvalue weighted by Crippen LogP contribution is 2.09. The second kappa shape index (κ2) is 13.4. The lowest BCUT2D eigenvalue weighted by Gasteiger charge is -2.25. The number of aliphatic carboxylic acids is 2. The Balaban J connectivity index is 5.34. The summed E-state index contributed by atoms with van der Waals surface area (Å²) in [5, 5.41) is 24.9. The summed E-state index contributed by atoms with van der Waals surface area (Å²) in [6, 6.07) is -5.55. The standard InChI is InChI=1S/C17H29N5O8S/c1-3-7(2)13(17(29)30)22-15(27)9(5-12(24)25)20-16(28)10(6-31)21-14(26)8(18)4-11(19)23/h7-10,13,31H,3-6,18H2,1-2H3,(H2,19,23)(H,20,28)(H,21,26)(H,22,27)(H,24,25)(H,29,30). The maximum absolute atomic E-state index is 12.5. The van der Waals surface area contributed by atoms with E-state index >= 15 is 0 Å². The quantitative estimate of drug-likeness (QED) is 0.124. The number of hydrogen-bond donors (Lipinski definition) is 8. The van der Waals surface area contributed by atoms with Gasteiger partial charge in [0.05, 0.1) is 18.9 Å². The topological polar surface area (TPSA) is 231 Å². The monoisotopic (exact) mass is 463 g/mol. The van der Waals surface area contributed by atoms with Crippen molar-refractivity contribution in [3.8, 4) is 0 Å². The van der Waals surface area contributed by atoms with Gasteiger partial charge >= 0.3 is 11.9 Å². The van der Waals surface area contributed by atoms with Crippen LogP contribution in [0.15, 0.2) is 0 Å². The maximum Gasteiger partial charge on any atom is 0.326 e. The maximum atomic E-state index is 12.5. The van der Waals surface area contributed by atoms with Crippen LogP contribution >= 0.6 is 12.6 Å². The molecule has 0 spiro atoms. The van der Waals surface area contributed by atoms with Crippen molar-refractivity contribution in [2.75, 3.05) is 5.75 Å². The normalized spacial score (nSPS) is 15.5. The van der Waals surface area contributed by atoms with Crippen molar-refractivity contribution in [2.24, 2.45) is 17.4 Å². The van der Waals surface area contributed by atoms with Gasteiger partial charge in [-0.25, -0.2) is 4.79 Å². The van der Waals surface area contributed by atoms with Gasteiger partial charge in [-0.3, -0.25) is 24.0 Å². The minimum atomic E-state index is -1.62. The Labute approximate surface area is 184 Å². The van der Waals surface area contributed by atoms with Crippen molar-refractivity contribution in [1.29, 1.82) is 0 Å². The summed E-state index contributed by atoms with van der Waals surface area (Å²) < 4.78 is 0. The number of rotatable bonds is 14. The van der Waals surface area contributed by atoms with Gasteiger partial charge in [0.25, 0.3) is 0 Å². The second-order valence-electron chi connectivity index (χ2n) is 6.89. The molecule has 0 aliphatic carbocycles. The number of nitrogens with one attached hydrogen (secondary N) is 3. The van der Waals surface area contributed by atoms with E-state index < -0.39 is 78.5 Å². The number of thiol groups is 1. The van der Waals surface area contributed by atoms with Gasteiger partial charge in [-0.05, 0) is 5.92 Å². The molecule has 31 heavy (non-hydrogen) atoms. The summed E-state index contributed by atoms with van der Waals surface area (Å²) >= 11 is 3.93. The molecule has 5 atom stereocenters. The van der Waals surface area contributed by atoms with Crippen molar-refractivity contribution in [1.82, 2.24) is 16.0 Å². The van der Waals surface area contributed by atoms with Gasteiger partial charge in [0.15, 0.2) is 0 Å². The summed E-state index contributed by atoms with van der Waals surface area (Å²) in [6.07, 6.45) is -0.881. The molecule has 4 amide bonds. The highest BCUT2D eigenvalue weighted by molar-refractivity contribution is 7.80. The Morgan fingerprint density at radius 3 is 1.84 bits per heavy atom. The van der Waals surface area contributed by atoms with Crippen LogP contribution in [0.3, 0.4) is 0 Å². The zero-order valence-electron chi connectivity index (χ0n) is 17.2. The van der Waals surface area contributed by atoms with Gasteiger partial charge in [0.2, 0.25) is 23.6 Å². The zero-order chi connectivity index (χ0) is 24.3. The van der Waals surface area contributed by atoms with Crippen LogP contribution in [-0.4, -0.2) is 75.7 Å². The molecule has 13 nitrogen and oxygen atoms in total. The van der Waals surface area contributed by atoms with Crippen molar-refractivity contribution in [3.05, 3.63) is 0 Å². The van der Waals surface area contributed by atoms with Crippen LogP contribution in [0.1, 0.15) is 33.1 Å². The summed E-state index contributed by atoms with van der Waals surface area (Å²) in [5.41, 5.74) is 10.5. The largest absolute Gasteiger partial charge is 0.481 e. The number of carboxylic acid groups (broad SMARTS) is 2. The Morgan fingerprint density at radius 1 is 0.903 bits per heavy atom. The van der Waals surface area contributed by atoms with Crippen molar-refractivity contribution >= 4 is 48.2 Å². The molecule has 0 saturated carbocycles. The van der Waals surface area contributed by atoms with E-state index in [0.29, 0.717) is 6.42 Å². The fraction of sp³-hybridized carbons (Fsp3) is 0.647. The highest BCUT2D eigenvalue weighted by atomic mass is 32.1. The van der Waals surface area contributed by atoms with E-state index in [2.05, 4.69) is 28.6 Å². The number of carbonyl (C=O) groups excluding carboxylic acids is 4. The van der Waals surface area contributed by atoms with Crippen LogP contribution in [0, 0.1) is 5.92 Å². The summed E-state index contributed by atoms with van der Waals surface area (Å²) in [7, 11) is 0. The molecule has 0 aromatic rings. The zero-order valence-corrected chi connectivity index (χ0v) is 18.1. The highest BCUT2D eigenvalue weighted by Gasteiger charge is 2.32. The predicted molar refractivity (Wildman–Crippen MR) is 111 cm³/mol. The Kier molecular flexibility index (Phi) is 12.2. The molecule has 14 heteroatoms. The molecule has 9 N–H and O–H groups in total. The van der Waals surface area contributed by atoms with E-state index in [1.54, 1.807) is 13.8 Å². The molecule has 0 aliphatic rings. The van der Waals surface area contributed by atoms with Gasteiger partial charge < -0.3 is 37.6 Å². The molecule has 5 unspecified atom stereocenters. The van der Waals surface area contributed by atoms with E-state index in [-0.39, 0.29) is 5.75 Å². The third-order valence-electron chi connectivity index (χ3n) is 4.36.